The first-order valence-corrected chi connectivity index (χ1v) is 10.9. The molecule has 6 nitrogen and oxygen atoms in total. The van der Waals surface area contributed by atoms with E-state index in [-0.39, 0.29) is 11.7 Å². The fourth-order valence-electron chi connectivity index (χ4n) is 3.52. The van der Waals surface area contributed by atoms with E-state index in [4.69, 9.17) is 0 Å². The minimum Gasteiger partial charge on any atom is -0.508 e. The molecule has 0 radical (unpaired) electrons. The smallest absolute Gasteiger partial charge is 0.228 e. The van der Waals surface area contributed by atoms with Crippen molar-refractivity contribution < 1.29 is 9.90 Å². The number of aromatic hydroxyl groups is 1. The molecule has 0 aliphatic carbocycles. The number of aromatic nitrogens is 2. The van der Waals surface area contributed by atoms with Gasteiger partial charge in [0.25, 0.3) is 0 Å². The van der Waals surface area contributed by atoms with Gasteiger partial charge in [0.1, 0.15) is 22.7 Å². The molecule has 0 saturated carbocycles. The molecule has 4 rings (SSSR count). The van der Waals surface area contributed by atoms with Gasteiger partial charge in [0, 0.05) is 36.1 Å². The van der Waals surface area contributed by atoms with Crippen LogP contribution in [-0.4, -0.2) is 34.6 Å². The third kappa shape index (κ3) is 4.36. The molecule has 2 heterocycles. The lowest BCUT2D eigenvalue weighted by Gasteiger charge is -2.17. The predicted molar refractivity (Wildman–Crippen MR) is 127 cm³/mol. The van der Waals surface area contributed by atoms with E-state index < -0.39 is 0 Å². The maximum absolute atomic E-state index is 12.6. The first-order valence-electron chi connectivity index (χ1n) is 10.0. The number of anilines is 2. The van der Waals surface area contributed by atoms with Crippen molar-refractivity contribution in [3.8, 4) is 16.9 Å². The molecule has 2 N–H and O–H groups in total. The van der Waals surface area contributed by atoms with Crippen LogP contribution in [0.4, 0.5) is 11.5 Å². The van der Waals surface area contributed by atoms with Crippen LogP contribution < -0.4 is 10.2 Å². The van der Waals surface area contributed by atoms with E-state index >= 15 is 0 Å². The number of thiophene rings is 1. The van der Waals surface area contributed by atoms with Crippen molar-refractivity contribution in [1.82, 2.24) is 9.97 Å². The quantitative estimate of drug-likeness (QED) is 0.441. The molecule has 31 heavy (non-hydrogen) atoms. The van der Waals surface area contributed by atoms with Crippen LogP contribution in [0.1, 0.15) is 16.9 Å². The van der Waals surface area contributed by atoms with E-state index in [1.165, 1.54) is 10.4 Å². The SMILES string of the molecule is Cc1ccc(-c2c(C)sc3ncnc(NCCC(=O)N(C)c4ccc(O)cc4)c23)cc1. The average molecular weight is 433 g/mol. The Bertz CT molecular complexity index is 1220. The minimum atomic E-state index is -0.0243. The van der Waals surface area contributed by atoms with Gasteiger partial charge in [0.2, 0.25) is 5.91 Å². The van der Waals surface area contributed by atoms with Gasteiger partial charge in [0.15, 0.2) is 0 Å². The molecule has 2 aromatic carbocycles. The Kier molecular flexibility index (Phi) is 5.86. The van der Waals surface area contributed by atoms with Crippen molar-refractivity contribution in [2.24, 2.45) is 0 Å². The number of hydrogen-bond acceptors (Lipinski definition) is 6. The van der Waals surface area contributed by atoms with Gasteiger partial charge in [-0.1, -0.05) is 29.8 Å². The monoisotopic (exact) mass is 432 g/mol. The number of aryl methyl sites for hydroxylation is 2. The summed E-state index contributed by atoms with van der Waals surface area (Å²) in [4.78, 5) is 25.2. The van der Waals surface area contributed by atoms with E-state index in [1.807, 2.05) is 0 Å². The Hall–Kier alpha value is -3.45. The number of nitrogens with zero attached hydrogens (tertiary/aromatic N) is 3. The van der Waals surface area contributed by atoms with Crippen molar-refractivity contribution >= 4 is 39.0 Å². The molecular weight excluding hydrogens is 408 g/mol. The van der Waals surface area contributed by atoms with Crippen LogP contribution in [0, 0.1) is 13.8 Å². The number of hydrogen-bond donors (Lipinski definition) is 2. The van der Waals surface area contributed by atoms with Gasteiger partial charge in [-0.15, -0.1) is 11.3 Å². The number of benzene rings is 2. The first-order chi connectivity index (χ1) is 14.9. The van der Waals surface area contributed by atoms with Crippen LogP contribution in [-0.2, 0) is 4.79 Å². The van der Waals surface area contributed by atoms with E-state index in [9.17, 15) is 9.90 Å². The highest BCUT2D eigenvalue weighted by Crippen LogP contribution is 2.40. The summed E-state index contributed by atoms with van der Waals surface area (Å²) in [6, 6.07) is 15.0. The molecule has 0 aliphatic heterocycles. The lowest BCUT2D eigenvalue weighted by molar-refractivity contribution is -0.118. The zero-order valence-electron chi connectivity index (χ0n) is 17.7. The van der Waals surface area contributed by atoms with Crippen molar-refractivity contribution in [2.45, 2.75) is 20.3 Å². The lowest BCUT2D eigenvalue weighted by atomic mass is 10.0. The predicted octanol–water partition coefficient (Wildman–Crippen LogP) is 5.15. The topological polar surface area (TPSA) is 78.4 Å². The van der Waals surface area contributed by atoms with E-state index in [1.54, 1.807) is 53.9 Å². The summed E-state index contributed by atoms with van der Waals surface area (Å²) in [6.45, 7) is 4.63. The summed E-state index contributed by atoms with van der Waals surface area (Å²) in [6.07, 6.45) is 1.87. The fraction of sp³-hybridized carbons (Fsp3) is 0.208. The molecule has 0 atom stereocenters. The highest BCUT2D eigenvalue weighted by Gasteiger charge is 2.17. The first kappa shape index (κ1) is 20.8. The van der Waals surface area contributed by atoms with Crippen molar-refractivity contribution in [2.75, 3.05) is 23.8 Å². The standard InChI is InChI=1S/C24H24N4O2S/c1-15-4-6-17(7-5-15)21-16(2)31-24-22(21)23(26-14-27-24)25-13-12-20(30)28(3)18-8-10-19(29)11-9-18/h4-11,14,29H,12-13H2,1-3H3,(H,25,26,27). The van der Waals surface area contributed by atoms with Crippen LogP contribution in [0.5, 0.6) is 5.75 Å². The second kappa shape index (κ2) is 8.73. The number of nitrogens with one attached hydrogen (secondary N) is 1. The Labute approximate surface area is 185 Å². The molecular formula is C24H24N4O2S. The number of amides is 1. The van der Waals surface area contributed by atoms with E-state index in [0.29, 0.717) is 13.0 Å². The Morgan fingerprint density at radius 2 is 1.77 bits per heavy atom. The third-order valence-electron chi connectivity index (χ3n) is 5.25. The summed E-state index contributed by atoms with van der Waals surface area (Å²) in [7, 11) is 1.73. The maximum Gasteiger partial charge on any atom is 0.228 e. The van der Waals surface area contributed by atoms with Gasteiger partial charge in [-0.2, -0.15) is 0 Å². The average Bonchev–Trinajstić information content (AvgIpc) is 3.11. The second-order valence-corrected chi connectivity index (χ2v) is 8.65. The molecule has 158 valence electrons. The summed E-state index contributed by atoms with van der Waals surface area (Å²) >= 11 is 1.65. The molecule has 0 saturated heterocycles. The van der Waals surface area contributed by atoms with Crippen LogP contribution in [0.15, 0.2) is 54.9 Å². The number of phenols is 1. The van der Waals surface area contributed by atoms with Crippen LogP contribution in [0.2, 0.25) is 0 Å². The lowest BCUT2D eigenvalue weighted by Crippen LogP contribution is -2.27. The zero-order valence-corrected chi connectivity index (χ0v) is 18.5. The summed E-state index contributed by atoms with van der Waals surface area (Å²) in [5, 5.41) is 13.8. The highest BCUT2D eigenvalue weighted by atomic mass is 32.1. The molecule has 2 aromatic heterocycles. The molecule has 0 aliphatic rings. The number of carbonyl (C=O) groups excluding carboxylic acids is 1. The Morgan fingerprint density at radius 3 is 2.48 bits per heavy atom. The van der Waals surface area contributed by atoms with Crippen LogP contribution >= 0.6 is 11.3 Å². The number of fused-ring (bicyclic) bond motifs is 1. The molecule has 7 heteroatoms. The van der Waals surface area contributed by atoms with Crippen LogP contribution in [0.25, 0.3) is 21.3 Å². The normalized spacial score (nSPS) is 10.9. The van der Waals surface area contributed by atoms with Gasteiger partial charge in [-0.3, -0.25) is 4.79 Å². The zero-order chi connectivity index (χ0) is 22.0. The molecule has 0 spiro atoms. The van der Waals surface area contributed by atoms with Gasteiger partial charge < -0.3 is 15.3 Å². The fourth-order valence-corrected chi connectivity index (χ4v) is 4.53. The summed E-state index contributed by atoms with van der Waals surface area (Å²) < 4.78 is 0. The summed E-state index contributed by atoms with van der Waals surface area (Å²) in [5.41, 5.74) is 4.22. The van der Waals surface area contributed by atoms with E-state index in [2.05, 4.69) is 53.4 Å². The molecule has 0 fully saturated rings. The second-order valence-electron chi connectivity index (χ2n) is 7.45. The largest absolute Gasteiger partial charge is 0.508 e. The number of phenolic OH excluding ortho intramolecular Hbond substituents is 1. The van der Waals surface area contributed by atoms with Crippen molar-refractivity contribution in [1.29, 1.82) is 0 Å². The molecule has 4 aromatic rings. The number of carbonyl (C=O) groups is 1. The maximum atomic E-state index is 12.6. The highest BCUT2D eigenvalue weighted by molar-refractivity contribution is 7.19. The number of rotatable bonds is 6. The van der Waals surface area contributed by atoms with Crippen LogP contribution in [0.3, 0.4) is 0 Å². The van der Waals surface area contributed by atoms with Crippen molar-refractivity contribution in [3.05, 3.63) is 65.3 Å². The third-order valence-corrected chi connectivity index (χ3v) is 6.26. The van der Waals surface area contributed by atoms with E-state index in [0.717, 1.165) is 32.8 Å². The van der Waals surface area contributed by atoms with Gasteiger partial charge >= 0.3 is 0 Å². The van der Waals surface area contributed by atoms with Crippen molar-refractivity contribution in [3.63, 3.8) is 0 Å². The Balaban J connectivity index is 1.53. The molecule has 1 amide bonds. The Morgan fingerprint density at radius 1 is 1.06 bits per heavy atom. The van der Waals surface area contributed by atoms with Gasteiger partial charge in [-0.25, -0.2) is 9.97 Å². The van der Waals surface area contributed by atoms with Gasteiger partial charge in [-0.05, 0) is 43.7 Å². The molecule has 0 bridgehead atoms. The van der Waals surface area contributed by atoms with Gasteiger partial charge in [0.05, 0.1) is 5.39 Å². The molecule has 0 unspecified atom stereocenters. The summed E-state index contributed by atoms with van der Waals surface area (Å²) in [5.74, 6) is 0.892. The minimum absolute atomic E-state index is 0.0243.